The lowest BCUT2D eigenvalue weighted by Gasteiger charge is -2.35. The molecule has 1 aliphatic carbocycles. The fourth-order valence-electron chi connectivity index (χ4n) is 4.25. The fraction of sp³-hybridized carbons (Fsp3) is 0.292. The Morgan fingerprint density at radius 2 is 1.88 bits per heavy atom. The zero-order valence-electron chi connectivity index (χ0n) is 17.7. The van der Waals surface area contributed by atoms with Gasteiger partial charge in [-0.3, -0.25) is 25.0 Å². The Labute approximate surface area is 185 Å². The minimum Gasteiger partial charge on any atom is -0.456 e. The molecule has 1 spiro atoms. The highest BCUT2D eigenvalue weighted by Crippen LogP contribution is 2.49. The van der Waals surface area contributed by atoms with Gasteiger partial charge in [-0.15, -0.1) is 0 Å². The van der Waals surface area contributed by atoms with Crippen LogP contribution in [0, 0.1) is 12.3 Å². The van der Waals surface area contributed by atoms with E-state index in [1.807, 2.05) is 25.1 Å². The van der Waals surface area contributed by atoms with Gasteiger partial charge in [0.05, 0.1) is 17.3 Å². The molecule has 0 unspecified atom stereocenters. The summed E-state index contributed by atoms with van der Waals surface area (Å²) in [6, 6.07) is 10.4. The summed E-state index contributed by atoms with van der Waals surface area (Å²) in [5, 5.41) is 2.71. The van der Waals surface area contributed by atoms with E-state index >= 15 is 0 Å². The maximum atomic E-state index is 12.6. The van der Waals surface area contributed by atoms with Gasteiger partial charge in [0, 0.05) is 36.3 Å². The molecule has 0 radical (unpaired) electrons. The van der Waals surface area contributed by atoms with Gasteiger partial charge in [-0.1, -0.05) is 6.42 Å². The van der Waals surface area contributed by atoms with Crippen molar-refractivity contribution in [1.29, 1.82) is 0 Å². The third-order valence-corrected chi connectivity index (χ3v) is 6.20. The average Bonchev–Trinajstić information content (AvgIpc) is 3.13. The number of anilines is 1. The minimum atomic E-state index is -0.425. The van der Waals surface area contributed by atoms with Crippen LogP contribution in [0.4, 0.5) is 10.6 Å². The zero-order valence-corrected chi connectivity index (χ0v) is 17.7. The largest absolute Gasteiger partial charge is 0.456 e. The highest BCUT2D eigenvalue weighted by Gasteiger charge is 2.52. The SMILES string of the molecule is Cc1cc(-c2cc(Oc3ccc(NC(=O)N4CCC5(CCC5)C4=O)nc3)ccn2)ccn1. The van der Waals surface area contributed by atoms with E-state index in [0.717, 1.165) is 42.6 Å². The second-order valence-electron chi connectivity index (χ2n) is 8.31. The molecule has 1 aliphatic heterocycles. The summed E-state index contributed by atoms with van der Waals surface area (Å²) in [5.41, 5.74) is 2.36. The van der Waals surface area contributed by atoms with Gasteiger partial charge in [0.2, 0.25) is 5.91 Å². The number of aromatic nitrogens is 3. The van der Waals surface area contributed by atoms with Gasteiger partial charge >= 0.3 is 6.03 Å². The first-order valence-corrected chi connectivity index (χ1v) is 10.7. The number of hydrogen-bond acceptors (Lipinski definition) is 6. The van der Waals surface area contributed by atoms with Crippen molar-refractivity contribution in [3.63, 3.8) is 0 Å². The molecule has 0 atom stereocenters. The third-order valence-electron chi connectivity index (χ3n) is 6.20. The summed E-state index contributed by atoms with van der Waals surface area (Å²) in [6.07, 6.45) is 8.56. The van der Waals surface area contributed by atoms with Crippen molar-refractivity contribution in [2.45, 2.75) is 32.6 Å². The fourth-order valence-corrected chi connectivity index (χ4v) is 4.25. The van der Waals surface area contributed by atoms with E-state index in [2.05, 4.69) is 20.3 Å². The molecule has 4 heterocycles. The first-order valence-electron chi connectivity index (χ1n) is 10.7. The Bertz CT molecular complexity index is 1170. The molecule has 3 amide bonds. The van der Waals surface area contributed by atoms with E-state index in [4.69, 9.17) is 4.74 Å². The van der Waals surface area contributed by atoms with Crippen LogP contribution in [-0.2, 0) is 4.79 Å². The average molecular weight is 429 g/mol. The van der Waals surface area contributed by atoms with Crippen molar-refractivity contribution in [2.24, 2.45) is 5.41 Å². The lowest BCUT2D eigenvalue weighted by Crippen LogP contribution is -2.43. The Hall–Kier alpha value is -3.81. The summed E-state index contributed by atoms with van der Waals surface area (Å²) in [5.74, 6) is 1.46. The lowest BCUT2D eigenvalue weighted by molar-refractivity contribution is -0.137. The van der Waals surface area contributed by atoms with Gasteiger partial charge in [-0.25, -0.2) is 9.78 Å². The number of amides is 3. The summed E-state index contributed by atoms with van der Waals surface area (Å²) < 4.78 is 5.90. The number of hydrogen-bond donors (Lipinski definition) is 1. The number of nitrogens with one attached hydrogen (secondary N) is 1. The van der Waals surface area contributed by atoms with E-state index in [1.165, 1.54) is 11.1 Å². The summed E-state index contributed by atoms with van der Waals surface area (Å²) in [7, 11) is 0. The number of likely N-dealkylation sites (tertiary alicyclic amines) is 1. The van der Waals surface area contributed by atoms with Crippen molar-refractivity contribution >= 4 is 17.8 Å². The number of pyridine rings is 3. The molecule has 5 rings (SSSR count). The number of rotatable bonds is 4. The van der Waals surface area contributed by atoms with Gasteiger partial charge in [0.15, 0.2) is 0 Å². The van der Waals surface area contributed by atoms with Gasteiger partial charge < -0.3 is 4.74 Å². The van der Waals surface area contributed by atoms with E-state index in [-0.39, 0.29) is 11.3 Å². The van der Waals surface area contributed by atoms with Crippen LogP contribution in [0.1, 0.15) is 31.4 Å². The summed E-state index contributed by atoms with van der Waals surface area (Å²) in [6.45, 7) is 2.40. The predicted octanol–water partition coefficient (Wildman–Crippen LogP) is 4.57. The number of urea groups is 1. The second kappa shape index (κ2) is 8.03. The number of imide groups is 1. The lowest BCUT2D eigenvalue weighted by atomic mass is 9.68. The Morgan fingerprint density at radius 3 is 2.56 bits per heavy atom. The van der Waals surface area contributed by atoms with Crippen LogP contribution >= 0.6 is 0 Å². The minimum absolute atomic E-state index is 0.0564. The van der Waals surface area contributed by atoms with E-state index < -0.39 is 6.03 Å². The van der Waals surface area contributed by atoms with Gasteiger partial charge in [0.25, 0.3) is 0 Å². The molecule has 8 nitrogen and oxygen atoms in total. The van der Waals surface area contributed by atoms with Crippen LogP contribution in [0.2, 0.25) is 0 Å². The Morgan fingerprint density at radius 1 is 1.03 bits per heavy atom. The number of carbonyl (C=O) groups excluding carboxylic acids is 2. The van der Waals surface area contributed by atoms with Crippen molar-refractivity contribution in [3.8, 4) is 22.8 Å². The molecule has 0 bridgehead atoms. The quantitative estimate of drug-likeness (QED) is 0.652. The van der Waals surface area contributed by atoms with Gasteiger partial charge in [-0.2, -0.15) is 0 Å². The maximum Gasteiger partial charge on any atom is 0.329 e. The summed E-state index contributed by atoms with van der Waals surface area (Å²) in [4.78, 5) is 39.3. The smallest absolute Gasteiger partial charge is 0.329 e. The molecular formula is C24H23N5O3. The van der Waals surface area contributed by atoms with Crippen molar-refractivity contribution in [2.75, 3.05) is 11.9 Å². The van der Waals surface area contributed by atoms with Crippen LogP contribution in [0.3, 0.4) is 0 Å². The van der Waals surface area contributed by atoms with Crippen LogP contribution in [-0.4, -0.2) is 38.3 Å². The number of nitrogens with zero attached hydrogens (tertiary/aromatic N) is 4. The molecular weight excluding hydrogens is 406 g/mol. The maximum absolute atomic E-state index is 12.6. The molecule has 3 aromatic heterocycles. The first-order chi connectivity index (χ1) is 15.5. The molecule has 2 fully saturated rings. The second-order valence-corrected chi connectivity index (χ2v) is 8.31. The van der Waals surface area contributed by atoms with E-state index in [9.17, 15) is 9.59 Å². The molecule has 1 N–H and O–H groups in total. The molecule has 2 aliphatic rings. The van der Waals surface area contributed by atoms with Gasteiger partial charge in [-0.05, 0) is 56.5 Å². The van der Waals surface area contributed by atoms with E-state index in [1.54, 1.807) is 30.6 Å². The molecule has 0 aromatic carbocycles. The standard InChI is InChI=1S/C24H23N5O3/c1-16-13-17(5-10-25-16)20-14-18(6-11-26-20)32-19-3-4-21(27-15-19)28-23(31)29-12-9-24(22(29)30)7-2-8-24/h3-6,10-11,13-15H,2,7-9,12H2,1H3,(H,27,28,31). The van der Waals surface area contributed by atoms with Gasteiger partial charge in [0.1, 0.15) is 17.3 Å². The molecule has 8 heteroatoms. The van der Waals surface area contributed by atoms with Crippen molar-refractivity contribution in [3.05, 3.63) is 60.7 Å². The van der Waals surface area contributed by atoms with Crippen LogP contribution in [0.15, 0.2) is 55.0 Å². The molecule has 32 heavy (non-hydrogen) atoms. The van der Waals surface area contributed by atoms with Crippen LogP contribution in [0.25, 0.3) is 11.3 Å². The zero-order chi connectivity index (χ0) is 22.1. The Kier molecular flexibility index (Phi) is 5.05. The normalized spacial score (nSPS) is 16.7. The highest BCUT2D eigenvalue weighted by atomic mass is 16.5. The van der Waals surface area contributed by atoms with E-state index in [0.29, 0.717) is 23.9 Å². The monoisotopic (exact) mass is 429 g/mol. The molecule has 162 valence electrons. The summed E-state index contributed by atoms with van der Waals surface area (Å²) >= 11 is 0. The van der Waals surface area contributed by atoms with Crippen molar-refractivity contribution in [1.82, 2.24) is 19.9 Å². The number of aryl methyl sites for hydroxylation is 1. The molecule has 1 saturated carbocycles. The predicted molar refractivity (Wildman–Crippen MR) is 118 cm³/mol. The number of ether oxygens (including phenoxy) is 1. The van der Waals surface area contributed by atoms with Crippen molar-refractivity contribution < 1.29 is 14.3 Å². The Balaban J connectivity index is 1.23. The van der Waals surface area contributed by atoms with Crippen LogP contribution in [0.5, 0.6) is 11.5 Å². The highest BCUT2D eigenvalue weighted by molar-refractivity contribution is 6.04. The topological polar surface area (TPSA) is 97.3 Å². The first kappa shape index (κ1) is 20.1. The number of carbonyl (C=O) groups is 2. The molecule has 3 aromatic rings. The molecule has 1 saturated heterocycles. The van der Waals surface area contributed by atoms with Crippen LogP contribution < -0.4 is 10.1 Å². The third kappa shape index (κ3) is 3.79.